The van der Waals surface area contributed by atoms with Gasteiger partial charge in [0.25, 0.3) is 0 Å². The molecule has 2 N–H and O–H groups in total. The van der Waals surface area contributed by atoms with Gasteiger partial charge in [-0.25, -0.2) is 4.79 Å². The van der Waals surface area contributed by atoms with E-state index in [0.29, 0.717) is 12.2 Å². The van der Waals surface area contributed by atoms with Crippen LogP contribution in [0.1, 0.15) is 16.7 Å². The molecule has 1 amide bonds. The summed E-state index contributed by atoms with van der Waals surface area (Å²) in [5.74, 6) is 0. The van der Waals surface area contributed by atoms with Crippen LogP contribution in [-0.4, -0.2) is 15.8 Å². The maximum atomic E-state index is 12.1. The zero-order valence-electron chi connectivity index (χ0n) is 15.9. The number of fused-ring (bicyclic) bond motifs is 1. The van der Waals surface area contributed by atoms with Crippen molar-refractivity contribution in [2.45, 2.75) is 19.8 Å². The number of nitrogens with zero attached hydrogens (tertiary/aromatic N) is 1. The normalized spacial score (nSPS) is 10.8. The number of carbonyl (C=O) groups excluding carboxylic acids is 1. The first-order valence-corrected chi connectivity index (χ1v) is 9.46. The van der Waals surface area contributed by atoms with E-state index in [0.717, 1.165) is 27.6 Å². The third kappa shape index (κ3) is 4.65. The molecule has 4 aromatic rings. The molecule has 1 heterocycles. The summed E-state index contributed by atoms with van der Waals surface area (Å²) in [6, 6.07) is 25.3. The Balaban J connectivity index is 1.45. The van der Waals surface area contributed by atoms with Crippen LogP contribution in [-0.2, 0) is 24.5 Å². The van der Waals surface area contributed by atoms with Crippen molar-refractivity contribution in [1.82, 2.24) is 4.57 Å². The predicted molar refractivity (Wildman–Crippen MR) is 114 cm³/mol. The third-order valence-electron chi connectivity index (χ3n) is 4.79. The number of aromatic nitrogens is 1. The molecule has 0 bridgehead atoms. The molecular weight excluding hydrogens is 364 g/mol. The van der Waals surface area contributed by atoms with Crippen molar-refractivity contribution in [2.75, 3.05) is 5.32 Å². The van der Waals surface area contributed by atoms with Crippen LogP contribution in [0.4, 0.5) is 10.5 Å². The maximum Gasteiger partial charge on any atom is 0.411 e. The highest BCUT2D eigenvalue weighted by atomic mass is 16.5. The van der Waals surface area contributed by atoms with Gasteiger partial charge in [-0.3, -0.25) is 5.32 Å². The molecule has 29 heavy (non-hydrogen) atoms. The van der Waals surface area contributed by atoms with Crippen LogP contribution < -0.4 is 5.32 Å². The second-order valence-electron chi connectivity index (χ2n) is 6.88. The topological polar surface area (TPSA) is 63.5 Å². The molecule has 0 aliphatic carbocycles. The average molecular weight is 386 g/mol. The van der Waals surface area contributed by atoms with Crippen molar-refractivity contribution < 1.29 is 14.6 Å². The molecule has 4 rings (SSSR count). The largest absolute Gasteiger partial charge is 0.444 e. The summed E-state index contributed by atoms with van der Waals surface area (Å²) in [5.41, 5.74) is 4.69. The molecule has 146 valence electrons. The molecule has 5 nitrogen and oxygen atoms in total. The van der Waals surface area contributed by atoms with Gasteiger partial charge in [-0.15, -0.1) is 0 Å². The van der Waals surface area contributed by atoms with Crippen molar-refractivity contribution in [3.8, 4) is 0 Å². The van der Waals surface area contributed by atoms with E-state index in [1.807, 2.05) is 79.0 Å². The van der Waals surface area contributed by atoms with Crippen LogP contribution in [0.2, 0.25) is 0 Å². The van der Waals surface area contributed by atoms with E-state index in [9.17, 15) is 9.90 Å². The van der Waals surface area contributed by atoms with Gasteiger partial charge in [-0.1, -0.05) is 60.7 Å². The predicted octanol–water partition coefficient (Wildman–Crippen LogP) is 4.93. The van der Waals surface area contributed by atoms with E-state index in [1.54, 1.807) is 0 Å². The smallest absolute Gasteiger partial charge is 0.411 e. The number of benzene rings is 3. The fourth-order valence-corrected chi connectivity index (χ4v) is 3.22. The Hall–Kier alpha value is -3.57. The third-order valence-corrected chi connectivity index (χ3v) is 4.79. The van der Waals surface area contributed by atoms with Crippen molar-refractivity contribution in [3.63, 3.8) is 0 Å². The molecule has 5 heteroatoms. The monoisotopic (exact) mass is 386 g/mol. The maximum absolute atomic E-state index is 12.1. The number of hydrogen-bond donors (Lipinski definition) is 2. The number of aliphatic hydroxyl groups is 1. The molecule has 1 aromatic heterocycles. The Morgan fingerprint density at radius 1 is 0.897 bits per heavy atom. The van der Waals surface area contributed by atoms with Gasteiger partial charge in [0.2, 0.25) is 0 Å². The van der Waals surface area contributed by atoms with Crippen LogP contribution in [0.15, 0.2) is 85.1 Å². The van der Waals surface area contributed by atoms with Crippen LogP contribution in [0.3, 0.4) is 0 Å². The number of anilines is 1. The van der Waals surface area contributed by atoms with E-state index in [-0.39, 0.29) is 13.2 Å². The van der Waals surface area contributed by atoms with E-state index in [2.05, 4.69) is 16.0 Å². The van der Waals surface area contributed by atoms with Gasteiger partial charge in [0.05, 0.1) is 12.1 Å². The molecular formula is C24H22N2O3. The molecule has 0 saturated heterocycles. The summed E-state index contributed by atoms with van der Waals surface area (Å²) in [6.45, 7) is 0.981. The lowest BCUT2D eigenvalue weighted by Crippen LogP contribution is -2.13. The Labute approximate surface area is 169 Å². The van der Waals surface area contributed by atoms with Gasteiger partial charge < -0.3 is 14.4 Å². The summed E-state index contributed by atoms with van der Waals surface area (Å²) in [4.78, 5) is 12.1. The average Bonchev–Trinajstić information content (AvgIpc) is 3.15. The summed E-state index contributed by atoms with van der Waals surface area (Å²) >= 11 is 0. The van der Waals surface area contributed by atoms with Crippen LogP contribution in [0.25, 0.3) is 10.9 Å². The van der Waals surface area contributed by atoms with Crippen molar-refractivity contribution in [1.29, 1.82) is 0 Å². The highest BCUT2D eigenvalue weighted by molar-refractivity contribution is 5.90. The van der Waals surface area contributed by atoms with Gasteiger partial charge in [0.1, 0.15) is 6.61 Å². The standard InChI is InChI=1S/C24H22N2O3/c27-16-19-8-6-18(7-9-19)15-26-13-12-21-10-11-22(14-23(21)26)25-24(28)29-17-20-4-2-1-3-5-20/h1-14,27H,15-17H2,(H,25,28). The summed E-state index contributed by atoms with van der Waals surface area (Å²) < 4.78 is 7.42. The lowest BCUT2D eigenvalue weighted by atomic mass is 10.1. The minimum atomic E-state index is -0.481. The molecule has 0 spiro atoms. The minimum Gasteiger partial charge on any atom is -0.444 e. The van der Waals surface area contributed by atoms with Crippen molar-refractivity contribution >= 4 is 22.7 Å². The van der Waals surface area contributed by atoms with Gasteiger partial charge >= 0.3 is 6.09 Å². The fraction of sp³-hybridized carbons (Fsp3) is 0.125. The molecule has 0 aliphatic rings. The quantitative estimate of drug-likeness (QED) is 0.494. The van der Waals surface area contributed by atoms with E-state index < -0.39 is 6.09 Å². The van der Waals surface area contributed by atoms with Crippen LogP contribution >= 0.6 is 0 Å². The number of nitrogens with one attached hydrogen (secondary N) is 1. The zero-order valence-corrected chi connectivity index (χ0v) is 15.9. The Morgan fingerprint density at radius 2 is 1.66 bits per heavy atom. The summed E-state index contributed by atoms with van der Waals surface area (Å²) in [7, 11) is 0. The van der Waals surface area contributed by atoms with E-state index in [1.165, 1.54) is 0 Å². The molecule has 0 atom stereocenters. The molecule has 0 fully saturated rings. The molecule has 0 radical (unpaired) electrons. The number of aliphatic hydroxyl groups excluding tert-OH is 1. The first kappa shape index (κ1) is 18.8. The number of amides is 1. The van der Waals surface area contributed by atoms with Crippen molar-refractivity contribution in [3.05, 3.63) is 102 Å². The first-order chi connectivity index (χ1) is 14.2. The highest BCUT2D eigenvalue weighted by Gasteiger charge is 2.07. The zero-order chi connectivity index (χ0) is 20.1. The SMILES string of the molecule is O=C(Nc1ccc2ccn(Cc3ccc(CO)cc3)c2c1)OCc1ccccc1. The van der Waals surface area contributed by atoms with Crippen molar-refractivity contribution in [2.24, 2.45) is 0 Å². The Morgan fingerprint density at radius 3 is 2.41 bits per heavy atom. The molecule has 0 saturated carbocycles. The number of rotatable bonds is 6. The van der Waals surface area contributed by atoms with Gasteiger partial charge in [0.15, 0.2) is 0 Å². The first-order valence-electron chi connectivity index (χ1n) is 9.46. The van der Waals surface area contributed by atoms with E-state index in [4.69, 9.17) is 4.74 Å². The Bertz CT molecular complexity index is 1100. The van der Waals surface area contributed by atoms with Gasteiger partial charge in [0, 0.05) is 18.4 Å². The molecule has 3 aromatic carbocycles. The number of ether oxygens (including phenoxy) is 1. The van der Waals surface area contributed by atoms with Crippen LogP contribution in [0, 0.1) is 0 Å². The molecule has 0 aliphatic heterocycles. The lowest BCUT2D eigenvalue weighted by molar-refractivity contribution is 0.155. The van der Waals surface area contributed by atoms with E-state index >= 15 is 0 Å². The Kier molecular flexibility index (Phi) is 5.59. The second kappa shape index (κ2) is 8.63. The lowest BCUT2D eigenvalue weighted by Gasteiger charge is -2.10. The summed E-state index contributed by atoms with van der Waals surface area (Å²) in [5, 5.41) is 13.1. The molecule has 0 unspecified atom stereocenters. The number of hydrogen-bond acceptors (Lipinski definition) is 3. The second-order valence-corrected chi connectivity index (χ2v) is 6.88. The van der Waals surface area contributed by atoms with Gasteiger partial charge in [-0.05, 0) is 40.3 Å². The summed E-state index contributed by atoms with van der Waals surface area (Å²) in [6.07, 6.45) is 1.55. The minimum absolute atomic E-state index is 0.0438. The number of carbonyl (C=O) groups is 1. The van der Waals surface area contributed by atoms with Gasteiger partial charge in [-0.2, -0.15) is 0 Å². The highest BCUT2D eigenvalue weighted by Crippen LogP contribution is 2.22. The fourth-order valence-electron chi connectivity index (χ4n) is 3.22. The van der Waals surface area contributed by atoms with Crippen LogP contribution in [0.5, 0.6) is 0 Å².